The van der Waals surface area contributed by atoms with Gasteiger partial charge in [-0.3, -0.25) is 4.79 Å². The lowest BCUT2D eigenvalue weighted by atomic mass is 10.0. The second kappa shape index (κ2) is 8.33. The zero-order valence-corrected chi connectivity index (χ0v) is 16.5. The smallest absolute Gasteiger partial charge is 0.408 e. The fourth-order valence-corrected chi connectivity index (χ4v) is 2.60. The first kappa shape index (κ1) is 20.6. The van der Waals surface area contributed by atoms with E-state index in [0.29, 0.717) is 23.6 Å². The normalized spacial score (nSPS) is 13.9. The minimum atomic E-state index is -0.748. The van der Waals surface area contributed by atoms with Crippen molar-refractivity contribution in [3.8, 4) is 11.5 Å². The van der Waals surface area contributed by atoms with Crippen LogP contribution < -0.4 is 20.1 Å². The molecule has 1 aromatic carbocycles. The zero-order valence-electron chi connectivity index (χ0n) is 16.5. The Balaban J connectivity index is 2.17. The lowest BCUT2D eigenvalue weighted by Crippen LogP contribution is -2.48. The molecule has 0 spiro atoms. The number of hydrogen-bond acceptors (Lipinski definition) is 5. The van der Waals surface area contributed by atoms with E-state index in [1.807, 2.05) is 19.9 Å². The lowest BCUT2D eigenvalue weighted by Gasteiger charge is -2.25. The van der Waals surface area contributed by atoms with E-state index in [-0.39, 0.29) is 18.6 Å². The van der Waals surface area contributed by atoms with Gasteiger partial charge in [0.2, 0.25) is 12.7 Å². The number of alkyl carbamates (subject to hydrolysis) is 1. The van der Waals surface area contributed by atoms with Gasteiger partial charge in [-0.15, -0.1) is 6.58 Å². The van der Waals surface area contributed by atoms with E-state index < -0.39 is 17.7 Å². The van der Waals surface area contributed by atoms with Crippen LogP contribution in [0.25, 0.3) is 0 Å². The van der Waals surface area contributed by atoms with E-state index >= 15 is 0 Å². The Hall–Kier alpha value is -2.70. The Morgan fingerprint density at radius 1 is 1.26 bits per heavy atom. The molecule has 0 radical (unpaired) electrons. The number of carbonyl (C=O) groups is 2. The number of nitrogens with one attached hydrogen (secondary N) is 2. The second-order valence-corrected chi connectivity index (χ2v) is 7.71. The summed E-state index contributed by atoms with van der Waals surface area (Å²) in [6.07, 6.45) is 1.66. The molecule has 148 valence electrons. The van der Waals surface area contributed by atoms with Crippen molar-refractivity contribution >= 4 is 17.7 Å². The van der Waals surface area contributed by atoms with Crippen LogP contribution in [-0.2, 0) is 16.0 Å². The van der Waals surface area contributed by atoms with Crippen LogP contribution in [0.15, 0.2) is 24.8 Å². The first-order chi connectivity index (χ1) is 12.6. The molecule has 0 unspecified atom stereocenters. The third kappa shape index (κ3) is 5.64. The third-order valence-corrected chi connectivity index (χ3v) is 3.84. The fraction of sp³-hybridized carbons (Fsp3) is 0.500. The molecule has 27 heavy (non-hydrogen) atoms. The summed E-state index contributed by atoms with van der Waals surface area (Å²) >= 11 is 0. The van der Waals surface area contributed by atoms with Crippen LogP contribution in [0.2, 0.25) is 0 Å². The van der Waals surface area contributed by atoms with Crippen molar-refractivity contribution in [3.05, 3.63) is 30.4 Å². The first-order valence-electron chi connectivity index (χ1n) is 8.94. The van der Waals surface area contributed by atoms with E-state index in [2.05, 4.69) is 17.2 Å². The highest BCUT2D eigenvalue weighted by molar-refractivity contribution is 5.97. The lowest BCUT2D eigenvalue weighted by molar-refractivity contribution is -0.119. The van der Waals surface area contributed by atoms with Gasteiger partial charge in [0, 0.05) is 11.8 Å². The predicted molar refractivity (Wildman–Crippen MR) is 103 cm³/mol. The molecule has 0 bridgehead atoms. The van der Waals surface area contributed by atoms with Crippen LogP contribution in [0, 0.1) is 5.92 Å². The number of rotatable bonds is 6. The summed E-state index contributed by atoms with van der Waals surface area (Å²) in [5, 5.41) is 5.53. The summed E-state index contributed by atoms with van der Waals surface area (Å²) in [7, 11) is 0. The number of ether oxygens (including phenoxy) is 3. The standard InChI is InChI=1S/C20H28N2O5/c1-7-8-13-9-15-16(26-11-25-15)10-14(13)21-18(23)17(12(2)3)22-19(24)27-20(4,5)6/h7,9-10,12,17H,1,8,11H2,2-6H3,(H,21,23)(H,22,24)/t17-/m0/s1. The highest BCUT2D eigenvalue weighted by Gasteiger charge is 2.28. The molecule has 2 rings (SSSR count). The molecule has 1 aromatic rings. The van der Waals surface area contributed by atoms with Crippen molar-refractivity contribution in [3.63, 3.8) is 0 Å². The maximum absolute atomic E-state index is 12.8. The van der Waals surface area contributed by atoms with Crippen molar-refractivity contribution in [1.29, 1.82) is 0 Å². The minimum absolute atomic E-state index is 0.130. The van der Waals surface area contributed by atoms with Crippen molar-refractivity contribution in [2.45, 2.75) is 52.7 Å². The Labute approximate surface area is 160 Å². The molecule has 0 aliphatic carbocycles. The van der Waals surface area contributed by atoms with Gasteiger partial charge in [0.15, 0.2) is 11.5 Å². The van der Waals surface area contributed by atoms with Crippen LogP contribution in [0.1, 0.15) is 40.2 Å². The van der Waals surface area contributed by atoms with Crippen molar-refractivity contribution in [2.24, 2.45) is 5.92 Å². The van der Waals surface area contributed by atoms with Crippen LogP contribution in [-0.4, -0.2) is 30.4 Å². The Bertz CT molecular complexity index is 722. The summed E-state index contributed by atoms with van der Waals surface area (Å²) in [5.41, 5.74) is 0.805. The Morgan fingerprint density at radius 2 is 1.89 bits per heavy atom. The number of fused-ring (bicyclic) bond motifs is 1. The van der Waals surface area contributed by atoms with Crippen molar-refractivity contribution in [1.82, 2.24) is 5.32 Å². The molecule has 0 fully saturated rings. The van der Waals surface area contributed by atoms with Crippen LogP contribution in [0.4, 0.5) is 10.5 Å². The molecule has 0 saturated carbocycles. The van der Waals surface area contributed by atoms with Gasteiger partial charge in [0.05, 0.1) is 0 Å². The molecule has 1 heterocycles. The van der Waals surface area contributed by atoms with Gasteiger partial charge < -0.3 is 24.8 Å². The fourth-order valence-electron chi connectivity index (χ4n) is 2.60. The molecule has 7 heteroatoms. The molecule has 7 nitrogen and oxygen atoms in total. The summed E-state index contributed by atoms with van der Waals surface area (Å²) in [6.45, 7) is 12.9. The predicted octanol–water partition coefficient (Wildman–Crippen LogP) is 3.63. The van der Waals surface area contributed by atoms with Crippen molar-refractivity contribution in [2.75, 3.05) is 12.1 Å². The highest BCUT2D eigenvalue weighted by atomic mass is 16.7. The van der Waals surface area contributed by atoms with Gasteiger partial charge in [-0.05, 0) is 44.7 Å². The number of carbonyl (C=O) groups excluding carboxylic acids is 2. The number of amides is 2. The van der Waals surface area contributed by atoms with E-state index in [9.17, 15) is 9.59 Å². The molecule has 1 aliphatic rings. The average molecular weight is 376 g/mol. The second-order valence-electron chi connectivity index (χ2n) is 7.71. The minimum Gasteiger partial charge on any atom is -0.454 e. The molecule has 0 aromatic heterocycles. The highest BCUT2D eigenvalue weighted by Crippen LogP contribution is 2.37. The largest absolute Gasteiger partial charge is 0.454 e. The molecule has 1 atom stereocenters. The average Bonchev–Trinajstić information content (AvgIpc) is 2.98. The maximum Gasteiger partial charge on any atom is 0.408 e. The summed E-state index contributed by atoms with van der Waals surface area (Å²) in [5.74, 6) is 0.742. The van der Waals surface area contributed by atoms with Gasteiger partial charge in [0.25, 0.3) is 0 Å². The topological polar surface area (TPSA) is 85.9 Å². The van der Waals surface area contributed by atoms with Gasteiger partial charge in [-0.25, -0.2) is 4.79 Å². The number of allylic oxidation sites excluding steroid dienone is 1. The monoisotopic (exact) mass is 376 g/mol. The summed E-state index contributed by atoms with van der Waals surface area (Å²) in [6, 6.07) is 2.80. The Morgan fingerprint density at radius 3 is 2.44 bits per heavy atom. The molecule has 2 N–H and O–H groups in total. The van der Waals surface area contributed by atoms with E-state index in [1.54, 1.807) is 32.9 Å². The molecular formula is C20H28N2O5. The molecule has 2 amide bonds. The summed E-state index contributed by atoms with van der Waals surface area (Å²) in [4.78, 5) is 24.9. The SMILES string of the molecule is C=CCc1cc2c(cc1NC(=O)[C@@H](NC(=O)OC(C)(C)C)C(C)C)OCO2. The van der Waals surface area contributed by atoms with Crippen LogP contribution in [0.3, 0.4) is 0 Å². The van der Waals surface area contributed by atoms with Gasteiger partial charge in [0.1, 0.15) is 11.6 Å². The van der Waals surface area contributed by atoms with E-state index in [4.69, 9.17) is 14.2 Å². The zero-order chi connectivity index (χ0) is 20.2. The van der Waals surface area contributed by atoms with Crippen molar-refractivity contribution < 1.29 is 23.8 Å². The number of benzene rings is 1. The quantitative estimate of drug-likeness (QED) is 0.741. The molecular weight excluding hydrogens is 348 g/mol. The van der Waals surface area contributed by atoms with Crippen LogP contribution >= 0.6 is 0 Å². The van der Waals surface area contributed by atoms with E-state index in [1.165, 1.54) is 0 Å². The Kier molecular flexibility index (Phi) is 6.36. The van der Waals surface area contributed by atoms with E-state index in [0.717, 1.165) is 5.56 Å². The molecule has 0 saturated heterocycles. The number of hydrogen-bond donors (Lipinski definition) is 2. The first-order valence-corrected chi connectivity index (χ1v) is 8.94. The van der Waals surface area contributed by atoms with Gasteiger partial charge >= 0.3 is 6.09 Å². The van der Waals surface area contributed by atoms with Gasteiger partial charge in [-0.2, -0.15) is 0 Å². The molecule has 1 aliphatic heterocycles. The van der Waals surface area contributed by atoms with Gasteiger partial charge in [-0.1, -0.05) is 19.9 Å². The summed E-state index contributed by atoms with van der Waals surface area (Å²) < 4.78 is 16.0. The maximum atomic E-state index is 12.8. The van der Waals surface area contributed by atoms with Crippen LogP contribution in [0.5, 0.6) is 11.5 Å². The number of anilines is 1. The third-order valence-electron chi connectivity index (χ3n) is 3.84.